The van der Waals surface area contributed by atoms with Crippen molar-refractivity contribution < 1.29 is 4.74 Å². The van der Waals surface area contributed by atoms with E-state index < -0.39 is 0 Å². The van der Waals surface area contributed by atoms with Crippen LogP contribution in [-0.2, 0) is 6.42 Å². The Morgan fingerprint density at radius 2 is 2.21 bits per heavy atom. The third-order valence-electron chi connectivity index (χ3n) is 2.58. The summed E-state index contributed by atoms with van der Waals surface area (Å²) >= 11 is 1.43. The maximum Gasteiger partial charge on any atom is 0.215 e. The summed E-state index contributed by atoms with van der Waals surface area (Å²) in [6, 6.07) is 3.74. The maximum atomic E-state index is 5.61. The summed E-state index contributed by atoms with van der Waals surface area (Å²) in [7, 11) is 0. The number of fused-ring (bicyclic) bond motifs is 1. The normalized spacial score (nSPS) is 11.0. The molecule has 3 heterocycles. The van der Waals surface area contributed by atoms with E-state index in [-0.39, 0.29) is 0 Å². The first-order valence-corrected chi connectivity index (χ1v) is 6.81. The van der Waals surface area contributed by atoms with E-state index in [0.717, 1.165) is 17.0 Å². The second-order valence-corrected chi connectivity index (χ2v) is 4.88. The van der Waals surface area contributed by atoms with Gasteiger partial charge in [0.1, 0.15) is 5.82 Å². The first-order chi connectivity index (χ1) is 9.24. The summed E-state index contributed by atoms with van der Waals surface area (Å²) in [5.74, 6) is 1.41. The van der Waals surface area contributed by atoms with Crippen LogP contribution in [0, 0.1) is 0 Å². The molecule has 0 spiro atoms. The number of aromatic nitrogens is 4. The standard InChI is InChI=1S/C12H13N5OS/c1-2-18-10-4-3-8-11(17-10)16-9(15-8)5-7-6-19-12(13)14-7/h3-4,6H,2,5H2,1H3,(H2,13,14)(H,15,16,17). The van der Waals surface area contributed by atoms with Crippen molar-refractivity contribution in [3.8, 4) is 5.88 Å². The molecular formula is C12H13N5OS. The Morgan fingerprint density at radius 3 is 2.95 bits per heavy atom. The predicted molar refractivity (Wildman–Crippen MR) is 74.4 cm³/mol. The fourth-order valence-electron chi connectivity index (χ4n) is 1.81. The van der Waals surface area contributed by atoms with Crippen LogP contribution in [0.25, 0.3) is 11.2 Å². The molecule has 6 nitrogen and oxygen atoms in total. The van der Waals surface area contributed by atoms with Gasteiger partial charge < -0.3 is 15.5 Å². The quantitative estimate of drug-likeness (QED) is 0.760. The summed E-state index contributed by atoms with van der Waals surface area (Å²) in [4.78, 5) is 16.2. The second kappa shape index (κ2) is 4.85. The highest BCUT2D eigenvalue weighted by Gasteiger charge is 2.08. The molecule has 3 aromatic heterocycles. The molecule has 0 saturated heterocycles. The lowest BCUT2D eigenvalue weighted by molar-refractivity contribution is 0.328. The molecule has 0 aliphatic heterocycles. The van der Waals surface area contributed by atoms with Gasteiger partial charge in [-0.3, -0.25) is 0 Å². The number of H-pyrrole nitrogens is 1. The van der Waals surface area contributed by atoms with Gasteiger partial charge in [-0.15, -0.1) is 11.3 Å². The molecule has 3 rings (SSSR count). The Morgan fingerprint density at radius 1 is 1.32 bits per heavy atom. The topological polar surface area (TPSA) is 89.7 Å². The molecule has 3 aromatic rings. The van der Waals surface area contributed by atoms with E-state index >= 15 is 0 Å². The first-order valence-electron chi connectivity index (χ1n) is 5.93. The van der Waals surface area contributed by atoms with Crippen LogP contribution >= 0.6 is 11.3 Å². The molecule has 19 heavy (non-hydrogen) atoms. The smallest absolute Gasteiger partial charge is 0.215 e. The lowest BCUT2D eigenvalue weighted by Crippen LogP contribution is -1.94. The van der Waals surface area contributed by atoms with Gasteiger partial charge in [-0.1, -0.05) is 0 Å². The van der Waals surface area contributed by atoms with E-state index in [1.165, 1.54) is 11.3 Å². The zero-order valence-corrected chi connectivity index (χ0v) is 11.2. The van der Waals surface area contributed by atoms with Crippen molar-refractivity contribution in [1.29, 1.82) is 0 Å². The Balaban J connectivity index is 1.88. The van der Waals surface area contributed by atoms with Crippen LogP contribution in [0.1, 0.15) is 18.4 Å². The van der Waals surface area contributed by atoms with E-state index in [0.29, 0.717) is 29.7 Å². The van der Waals surface area contributed by atoms with E-state index in [1.54, 1.807) is 0 Å². The van der Waals surface area contributed by atoms with Crippen molar-refractivity contribution in [2.24, 2.45) is 0 Å². The average Bonchev–Trinajstić information content (AvgIpc) is 2.95. The van der Waals surface area contributed by atoms with Crippen LogP contribution in [0.4, 0.5) is 5.13 Å². The molecule has 0 bridgehead atoms. The zero-order valence-electron chi connectivity index (χ0n) is 10.4. The van der Waals surface area contributed by atoms with Gasteiger partial charge in [-0.05, 0) is 13.0 Å². The predicted octanol–water partition coefficient (Wildman–Crippen LogP) is 1.99. The number of hydrogen-bond donors (Lipinski definition) is 2. The minimum absolute atomic E-state index is 0.572. The van der Waals surface area contributed by atoms with Crippen LogP contribution in [0.5, 0.6) is 5.88 Å². The molecule has 0 radical (unpaired) electrons. The summed E-state index contributed by atoms with van der Waals surface area (Å²) in [5, 5.41) is 2.50. The van der Waals surface area contributed by atoms with Crippen LogP contribution in [-0.4, -0.2) is 26.5 Å². The van der Waals surface area contributed by atoms with E-state index in [2.05, 4.69) is 19.9 Å². The SMILES string of the molecule is CCOc1ccc2[nH]c(Cc3csc(N)n3)nc2n1. The minimum Gasteiger partial charge on any atom is -0.478 e. The van der Waals surface area contributed by atoms with Crippen LogP contribution in [0.3, 0.4) is 0 Å². The summed E-state index contributed by atoms with van der Waals surface area (Å²) < 4.78 is 5.35. The number of anilines is 1. The number of nitrogens with one attached hydrogen (secondary N) is 1. The van der Waals surface area contributed by atoms with Crippen LogP contribution < -0.4 is 10.5 Å². The van der Waals surface area contributed by atoms with E-state index in [4.69, 9.17) is 10.5 Å². The molecule has 98 valence electrons. The van der Waals surface area contributed by atoms with Gasteiger partial charge in [0.25, 0.3) is 0 Å². The van der Waals surface area contributed by atoms with Gasteiger partial charge >= 0.3 is 0 Å². The number of rotatable bonds is 4. The molecule has 0 amide bonds. The number of pyridine rings is 1. The number of aromatic amines is 1. The Kier molecular flexibility index (Phi) is 3.04. The van der Waals surface area contributed by atoms with Crippen molar-refractivity contribution in [3.05, 3.63) is 29.0 Å². The molecule has 3 N–H and O–H groups in total. The molecule has 0 unspecified atom stereocenters. The molecule has 0 saturated carbocycles. The van der Waals surface area contributed by atoms with Crippen molar-refractivity contribution in [2.75, 3.05) is 12.3 Å². The van der Waals surface area contributed by atoms with Crippen LogP contribution in [0.15, 0.2) is 17.5 Å². The van der Waals surface area contributed by atoms with Crippen molar-refractivity contribution in [1.82, 2.24) is 19.9 Å². The maximum absolute atomic E-state index is 5.61. The molecule has 0 aliphatic carbocycles. The summed E-state index contributed by atoms with van der Waals surface area (Å²) in [5.41, 5.74) is 8.06. The number of thiazole rings is 1. The number of imidazole rings is 1. The number of ether oxygens (including phenoxy) is 1. The third kappa shape index (κ3) is 2.50. The van der Waals surface area contributed by atoms with Gasteiger partial charge in [0, 0.05) is 17.9 Å². The monoisotopic (exact) mass is 275 g/mol. The van der Waals surface area contributed by atoms with Crippen molar-refractivity contribution in [2.45, 2.75) is 13.3 Å². The van der Waals surface area contributed by atoms with E-state index in [9.17, 15) is 0 Å². The fourth-order valence-corrected chi connectivity index (χ4v) is 2.38. The van der Waals surface area contributed by atoms with Gasteiger partial charge in [-0.25, -0.2) is 9.97 Å². The first kappa shape index (κ1) is 11.9. The zero-order chi connectivity index (χ0) is 13.2. The average molecular weight is 275 g/mol. The number of nitrogens with two attached hydrogens (primary N) is 1. The molecule has 7 heteroatoms. The molecule has 0 aliphatic rings. The number of nitrogens with zero attached hydrogens (tertiary/aromatic N) is 3. The third-order valence-corrected chi connectivity index (χ3v) is 3.30. The highest BCUT2D eigenvalue weighted by atomic mass is 32.1. The number of hydrogen-bond acceptors (Lipinski definition) is 6. The van der Waals surface area contributed by atoms with Gasteiger partial charge in [0.15, 0.2) is 10.8 Å². The summed E-state index contributed by atoms with van der Waals surface area (Å²) in [6.07, 6.45) is 0.619. The molecule has 0 aromatic carbocycles. The Hall–Kier alpha value is -2.15. The lowest BCUT2D eigenvalue weighted by Gasteiger charge is -1.99. The highest BCUT2D eigenvalue weighted by molar-refractivity contribution is 7.13. The highest BCUT2D eigenvalue weighted by Crippen LogP contribution is 2.17. The second-order valence-electron chi connectivity index (χ2n) is 3.99. The fraction of sp³-hybridized carbons (Fsp3) is 0.250. The van der Waals surface area contributed by atoms with Crippen molar-refractivity contribution >= 4 is 27.6 Å². The van der Waals surface area contributed by atoms with Crippen LogP contribution in [0.2, 0.25) is 0 Å². The van der Waals surface area contributed by atoms with Gasteiger partial charge in [0.05, 0.1) is 17.8 Å². The lowest BCUT2D eigenvalue weighted by atomic mass is 10.3. The van der Waals surface area contributed by atoms with Gasteiger partial charge in [0.2, 0.25) is 5.88 Å². The van der Waals surface area contributed by atoms with E-state index in [1.807, 2.05) is 24.4 Å². The van der Waals surface area contributed by atoms with Gasteiger partial charge in [-0.2, -0.15) is 4.98 Å². The van der Waals surface area contributed by atoms with Crippen molar-refractivity contribution in [3.63, 3.8) is 0 Å². The summed E-state index contributed by atoms with van der Waals surface area (Å²) in [6.45, 7) is 2.52. The minimum atomic E-state index is 0.572. The molecule has 0 atom stereocenters. The Bertz CT molecular complexity index is 705. The Labute approximate surface area is 113 Å². The molecule has 0 fully saturated rings. The number of nitrogen functional groups attached to an aromatic ring is 1. The molecular weight excluding hydrogens is 262 g/mol. The largest absolute Gasteiger partial charge is 0.478 e.